The third kappa shape index (κ3) is 2.47. The highest BCUT2D eigenvalue weighted by molar-refractivity contribution is 5.30. The van der Waals surface area contributed by atoms with Crippen LogP contribution in [0.15, 0.2) is 48.5 Å². The lowest BCUT2D eigenvalue weighted by Crippen LogP contribution is -2.38. The van der Waals surface area contributed by atoms with Gasteiger partial charge in [0.25, 0.3) is 0 Å². The fourth-order valence-corrected chi connectivity index (χ4v) is 3.00. The van der Waals surface area contributed by atoms with Crippen LogP contribution in [0.1, 0.15) is 22.7 Å². The molecule has 2 aromatic carbocycles. The second-order valence-electron chi connectivity index (χ2n) is 5.26. The van der Waals surface area contributed by atoms with E-state index in [0.29, 0.717) is 12.1 Å². The van der Waals surface area contributed by atoms with E-state index in [9.17, 15) is 4.39 Å². The molecule has 1 heterocycles. The van der Waals surface area contributed by atoms with Crippen LogP contribution in [0, 0.1) is 5.82 Å². The fourth-order valence-electron chi connectivity index (χ4n) is 3.00. The Balaban J connectivity index is 1.87. The van der Waals surface area contributed by atoms with Crippen molar-refractivity contribution in [3.63, 3.8) is 0 Å². The van der Waals surface area contributed by atoms with Gasteiger partial charge < -0.3 is 5.73 Å². The Kier molecular flexibility index (Phi) is 3.81. The molecule has 1 aliphatic heterocycles. The number of hydrogen-bond donors (Lipinski definition) is 1. The average molecular weight is 270 g/mol. The van der Waals surface area contributed by atoms with E-state index in [1.54, 1.807) is 6.07 Å². The smallest absolute Gasteiger partial charge is 0.128 e. The first kappa shape index (κ1) is 13.3. The van der Waals surface area contributed by atoms with Gasteiger partial charge in [-0.3, -0.25) is 4.90 Å². The molecule has 2 N–H and O–H groups in total. The molecule has 104 valence electrons. The molecule has 0 aromatic heterocycles. The molecule has 20 heavy (non-hydrogen) atoms. The van der Waals surface area contributed by atoms with Crippen LogP contribution in [0.3, 0.4) is 0 Å². The third-order valence-corrected chi connectivity index (χ3v) is 4.09. The van der Waals surface area contributed by atoms with Gasteiger partial charge in [0, 0.05) is 25.2 Å². The molecule has 0 fully saturated rings. The Morgan fingerprint density at radius 3 is 2.50 bits per heavy atom. The first-order valence-electron chi connectivity index (χ1n) is 7.05. The Bertz CT molecular complexity index is 597. The summed E-state index contributed by atoms with van der Waals surface area (Å²) in [5.74, 6) is -0.165. The van der Waals surface area contributed by atoms with E-state index in [1.165, 1.54) is 17.2 Å². The molecule has 2 aromatic rings. The van der Waals surface area contributed by atoms with Gasteiger partial charge in [0.2, 0.25) is 0 Å². The number of nitrogens with zero attached hydrogens (tertiary/aromatic N) is 1. The van der Waals surface area contributed by atoms with Crippen LogP contribution in [0.25, 0.3) is 0 Å². The standard InChI is InChI=1S/C17H19FN2/c18-16-8-4-3-7-15(16)17(11-19)20-10-9-13-5-1-2-6-14(13)12-20/h1-8,17H,9-12,19H2. The van der Waals surface area contributed by atoms with Crippen molar-refractivity contribution >= 4 is 0 Å². The number of nitrogens with two attached hydrogens (primary N) is 1. The molecule has 0 radical (unpaired) electrons. The Hall–Kier alpha value is -1.71. The minimum absolute atomic E-state index is 0.0513. The van der Waals surface area contributed by atoms with E-state index in [1.807, 2.05) is 12.1 Å². The third-order valence-electron chi connectivity index (χ3n) is 4.09. The second-order valence-corrected chi connectivity index (χ2v) is 5.26. The summed E-state index contributed by atoms with van der Waals surface area (Å²) in [5.41, 5.74) is 9.34. The molecule has 0 saturated heterocycles. The molecular formula is C17H19FN2. The highest BCUT2D eigenvalue weighted by atomic mass is 19.1. The van der Waals surface area contributed by atoms with Crippen molar-refractivity contribution < 1.29 is 4.39 Å². The number of halogens is 1. The summed E-state index contributed by atoms with van der Waals surface area (Å²) in [6.07, 6.45) is 1.00. The number of benzene rings is 2. The van der Waals surface area contributed by atoms with Crippen molar-refractivity contribution in [2.24, 2.45) is 5.73 Å². The number of hydrogen-bond acceptors (Lipinski definition) is 2. The molecule has 0 bridgehead atoms. The zero-order valence-electron chi connectivity index (χ0n) is 11.4. The molecule has 0 spiro atoms. The molecule has 0 aliphatic carbocycles. The molecule has 1 atom stereocenters. The maximum absolute atomic E-state index is 14.0. The van der Waals surface area contributed by atoms with E-state index < -0.39 is 0 Å². The maximum Gasteiger partial charge on any atom is 0.128 e. The highest BCUT2D eigenvalue weighted by Gasteiger charge is 2.25. The average Bonchev–Trinajstić information content (AvgIpc) is 2.50. The summed E-state index contributed by atoms with van der Waals surface area (Å²) in [7, 11) is 0. The van der Waals surface area contributed by atoms with E-state index in [2.05, 4.69) is 29.2 Å². The van der Waals surface area contributed by atoms with Crippen LogP contribution in [0.2, 0.25) is 0 Å². The van der Waals surface area contributed by atoms with Crippen LogP contribution in [-0.2, 0) is 13.0 Å². The normalized spacial score (nSPS) is 16.7. The molecular weight excluding hydrogens is 251 g/mol. The van der Waals surface area contributed by atoms with Gasteiger partial charge in [-0.2, -0.15) is 0 Å². The lowest BCUT2D eigenvalue weighted by molar-refractivity contribution is 0.180. The summed E-state index contributed by atoms with van der Waals surface area (Å²) in [5, 5.41) is 0. The van der Waals surface area contributed by atoms with Crippen molar-refractivity contribution in [1.82, 2.24) is 4.90 Å². The van der Waals surface area contributed by atoms with E-state index in [-0.39, 0.29) is 11.9 Å². The molecule has 1 unspecified atom stereocenters. The van der Waals surface area contributed by atoms with Gasteiger partial charge in [-0.15, -0.1) is 0 Å². The van der Waals surface area contributed by atoms with Crippen molar-refractivity contribution in [1.29, 1.82) is 0 Å². The molecule has 3 rings (SSSR count). The summed E-state index contributed by atoms with van der Waals surface area (Å²) in [6, 6.07) is 15.3. The molecule has 1 aliphatic rings. The number of rotatable bonds is 3. The Morgan fingerprint density at radius 1 is 1.05 bits per heavy atom. The fraction of sp³-hybridized carbons (Fsp3) is 0.294. The van der Waals surface area contributed by atoms with Gasteiger partial charge in [-0.05, 0) is 23.6 Å². The summed E-state index contributed by atoms with van der Waals surface area (Å²) in [4.78, 5) is 2.28. The molecule has 3 heteroatoms. The maximum atomic E-state index is 14.0. The minimum Gasteiger partial charge on any atom is -0.329 e. The van der Waals surface area contributed by atoms with E-state index in [4.69, 9.17) is 5.73 Å². The van der Waals surface area contributed by atoms with E-state index >= 15 is 0 Å². The van der Waals surface area contributed by atoms with Crippen molar-refractivity contribution in [3.8, 4) is 0 Å². The summed E-state index contributed by atoms with van der Waals surface area (Å²) >= 11 is 0. The van der Waals surface area contributed by atoms with Crippen LogP contribution >= 0.6 is 0 Å². The van der Waals surface area contributed by atoms with Crippen LogP contribution in [-0.4, -0.2) is 18.0 Å². The second kappa shape index (κ2) is 5.73. The monoisotopic (exact) mass is 270 g/mol. The lowest BCUT2D eigenvalue weighted by atomic mass is 9.96. The summed E-state index contributed by atoms with van der Waals surface area (Å²) in [6.45, 7) is 2.20. The summed E-state index contributed by atoms with van der Waals surface area (Å²) < 4.78 is 14.0. The van der Waals surface area contributed by atoms with Crippen LogP contribution in [0.5, 0.6) is 0 Å². The topological polar surface area (TPSA) is 29.3 Å². The van der Waals surface area contributed by atoms with Gasteiger partial charge >= 0.3 is 0 Å². The van der Waals surface area contributed by atoms with Crippen molar-refractivity contribution in [2.75, 3.05) is 13.1 Å². The van der Waals surface area contributed by atoms with Gasteiger partial charge in [0.15, 0.2) is 0 Å². The van der Waals surface area contributed by atoms with Crippen LogP contribution in [0.4, 0.5) is 4.39 Å². The minimum atomic E-state index is -0.165. The SMILES string of the molecule is NCC(c1ccccc1F)N1CCc2ccccc2C1. The van der Waals surface area contributed by atoms with Crippen LogP contribution < -0.4 is 5.73 Å². The van der Waals surface area contributed by atoms with Gasteiger partial charge in [-0.1, -0.05) is 42.5 Å². The zero-order chi connectivity index (χ0) is 13.9. The van der Waals surface area contributed by atoms with Gasteiger partial charge in [0.1, 0.15) is 5.82 Å². The van der Waals surface area contributed by atoms with Crippen molar-refractivity contribution in [3.05, 3.63) is 71.0 Å². The molecule has 2 nitrogen and oxygen atoms in total. The zero-order valence-corrected chi connectivity index (χ0v) is 11.4. The first-order valence-corrected chi connectivity index (χ1v) is 7.05. The van der Waals surface area contributed by atoms with E-state index in [0.717, 1.165) is 19.5 Å². The van der Waals surface area contributed by atoms with Gasteiger partial charge in [0.05, 0.1) is 6.04 Å². The lowest BCUT2D eigenvalue weighted by Gasteiger charge is -2.35. The molecule has 0 saturated carbocycles. The van der Waals surface area contributed by atoms with Gasteiger partial charge in [-0.25, -0.2) is 4.39 Å². The Morgan fingerprint density at radius 2 is 1.75 bits per heavy atom. The van der Waals surface area contributed by atoms with Crippen molar-refractivity contribution in [2.45, 2.75) is 19.0 Å². The predicted octanol–water partition coefficient (Wildman–Crippen LogP) is 2.88. The quantitative estimate of drug-likeness (QED) is 0.929. The number of fused-ring (bicyclic) bond motifs is 1. The Labute approximate surface area is 119 Å². The highest BCUT2D eigenvalue weighted by Crippen LogP contribution is 2.28. The first-order chi connectivity index (χ1) is 9.79. The largest absolute Gasteiger partial charge is 0.329 e. The molecule has 0 amide bonds. The predicted molar refractivity (Wildman–Crippen MR) is 78.8 cm³/mol.